The molecule has 24 heavy (non-hydrogen) atoms. The Morgan fingerprint density at radius 2 is 2.08 bits per heavy atom. The van der Waals surface area contributed by atoms with E-state index in [0.29, 0.717) is 12.1 Å². The van der Waals surface area contributed by atoms with Crippen LogP contribution in [-0.4, -0.2) is 28.6 Å². The van der Waals surface area contributed by atoms with E-state index in [-0.39, 0.29) is 11.6 Å². The molecule has 1 aromatic heterocycles. The van der Waals surface area contributed by atoms with Gasteiger partial charge in [0.05, 0.1) is 18.2 Å². The molecule has 124 valence electrons. The lowest BCUT2D eigenvalue weighted by Crippen LogP contribution is -2.64. The monoisotopic (exact) mass is 323 g/mol. The minimum atomic E-state index is -0.351. The fourth-order valence-corrected chi connectivity index (χ4v) is 4.78. The highest BCUT2D eigenvalue weighted by atomic mass is 16.3. The quantitative estimate of drug-likeness (QED) is 0.892. The molecular weight excluding hydrogens is 302 g/mol. The van der Waals surface area contributed by atoms with Crippen molar-refractivity contribution in [3.63, 3.8) is 0 Å². The van der Waals surface area contributed by atoms with Gasteiger partial charge in [-0.1, -0.05) is 12.1 Å². The molecule has 2 aromatic rings. The summed E-state index contributed by atoms with van der Waals surface area (Å²) in [5.74, 6) is 1.99. The lowest BCUT2D eigenvalue weighted by atomic mass is 9.86. The van der Waals surface area contributed by atoms with Crippen molar-refractivity contribution in [2.45, 2.75) is 50.5 Å². The van der Waals surface area contributed by atoms with Gasteiger partial charge in [-0.15, -0.1) is 0 Å². The zero-order chi connectivity index (χ0) is 16.3. The van der Waals surface area contributed by atoms with Crippen LogP contribution in [0, 0.1) is 6.92 Å². The van der Waals surface area contributed by atoms with E-state index in [1.807, 2.05) is 37.3 Å². The van der Waals surface area contributed by atoms with Crippen molar-refractivity contribution < 1.29 is 9.21 Å². The molecule has 3 atom stereocenters. The maximum absolute atomic E-state index is 12.6. The number of hydrogen-bond acceptors (Lipinski definition) is 4. The molecule has 0 radical (unpaired) electrons. The minimum Gasteiger partial charge on any atom is -0.465 e. The van der Waals surface area contributed by atoms with E-state index in [1.165, 1.54) is 6.42 Å². The van der Waals surface area contributed by atoms with Crippen LogP contribution in [0.15, 0.2) is 40.8 Å². The molecule has 3 aliphatic heterocycles. The number of fused-ring (bicyclic) bond motifs is 4. The summed E-state index contributed by atoms with van der Waals surface area (Å²) < 4.78 is 5.77. The second-order valence-corrected chi connectivity index (χ2v) is 7.23. The third kappa shape index (κ3) is 1.94. The molecule has 5 heteroatoms. The summed E-state index contributed by atoms with van der Waals surface area (Å²) in [5.41, 5.74) is 1.33. The highest BCUT2D eigenvalue weighted by Gasteiger charge is 2.58. The molecular formula is C19H21N3O2. The first-order valence-electron chi connectivity index (χ1n) is 8.65. The van der Waals surface area contributed by atoms with E-state index >= 15 is 0 Å². The van der Waals surface area contributed by atoms with Gasteiger partial charge in [-0.05, 0) is 44.0 Å². The number of hydrogen-bond donors (Lipinski definition) is 2. The summed E-state index contributed by atoms with van der Waals surface area (Å²) >= 11 is 0. The topological polar surface area (TPSA) is 57.5 Å². The predicted octanol–water partition coefficient (Wildman–Crippen LogP) is 2.88. The van der Waals surface area contributed by atoms with Gasteiger partial charge in [0.15, 0.2) is 0 Å². The van der Waals surface area contributed by atoms with Crippen LogP contribution < -0.4 is 10.6 Å². The van der Waals surface area contributed by atoms with Crippen LogP contribution in [0.4, 0.5) is 5.69 Å². The SMILES string of the molecule is Cc1ccc(CN2C3CCC2C2(C3)NC(=O)c3ccccc3N2)o1. The number of benzene rings is 1. The number of nitrogens with zero attached hydrogens (tertiary/aromatic N) is 1. The summed E-state index contributed by atoms with van der Waals surface area (Å²) in [6, 6.07) is 12.6. The van der Waals surface area contributed by atoms with E-state index in [0.717, 1.165) is 42.2 Å². The summed E-state index contributed by atoms with van der Waals surface area (Å²) in [7, 11) is 0. The first kappa shape index (κ1) is 14.1. The van der Waals surface area contributed by atoms with Crippen LogP contribution in [0.3, 0.4) is 0 Å². The summed E-state index contributed by atoms with van der Waals surface area (Å²) in [5, 5.41) is 6.93. The lowest BCUT2D eigenvalue weighted by molar-refractivity contribution is 0.0868. The zero-order valence-electron chi connectivity index (χ0n) is 13.7. The Morgan fingerprint density at radius 3 is 2.92 bits per heavy atom. The Labute approximate surface area is 141 Å². The minimum absolute atomic E-state index is 0.0330. The van der Waals surface area contributed by atoms with Crippen molar-refractivity contribution in [3.05, 3.63) is 53.5 Å². The molecule has 0 aliphatic carbocycles. The van der Waals surface area contributed by atoms with Gasteiger partial charge in [0.1, 0.15) is 17.2 Å². The van der Waals surface area contributed by atoms with E-state index in [4.69, 9.17) is 4.42 Å². The molecule has 2 N–H and O–H groups in total. The van der Waals surface area contributed by atoms with E-state index in [2.05, 4.69) is 21.6 Å². The number of carbonyl (C=O) groups excluding carboxylic acids is 1. The van der Waals surface area contributed by atoms with Crippen LogP contribution in [0.2, 0.25) is 0 Å². The summed E-state index contributed by atoms with van der Waals surface area (Å²) in [6.07, 6.45) is 3.22. The van der Waals surface area contributed by atoms with Crippen LogP contribution in [0.1, 0.15) is 41.1 Å². The van der Waals surface area contributed by atoms with E-state index in [9.17, 15) is 4.79 Å². The molecule has 3 unspecified atom stereocenters. The van der Waals surface area contributed by atoms with Gasteiger partial charge in [0.2, 0.25) is 0 Å². The molecule has 2 fully saturated rings. The molecule has 2 bridgehead atoms. The molecule has 4 heterocycles. The van der Waals surface area contributed by atoms with Crippen molar-refractivity contribution in [2.24, 2.45) is 0 Å². The Kier molecular flexibility index (Phi) is 2.86. The molecule has 0 saturated carbocycles. The molecule has 5 rings (SSSR count). The third-order valence-electron chi connectivity index (χ3n) is 5.77. The molecule has 2 saturated heterocycles. The average molecular weight is 323 g/mol. The van der Waals surface area contributed by atoms with Gasteiger partial charge < -0.3 is 15.1 Å². The number of anilines is 1. The fourth-order valence-electron chi connectivity index (χ4n) is 4.78. The van der Waals surface area contributed by atoms with Crippen LogP contribution in [0.5, 0.6) is 0 Å². The molecule has 1 amide bonds. The number of rotatable bonds is 2. The highest BCUT2D eigenvalue weighted by Crippen LogP contribution is 2.47. The maximum atomic E-state index is 12.6. The average Bonchev–Trinajstić information content (AvgIpc) is 3.22. The molecule has 3 aliphatic rings. The predicted molar refractivity (Wildman–Crippen MR) is 90.7 cm³/mol. The van der Waals surface area contributed by atoms with Gasteiger partial charge >= 0.3 is 0 Å². The lowest BCUT2D eigenvalue weighted by Gasteiger charge is -2.43. The first-order chi connectivity index (χ1) is 11.6. The van der Waals surface area contributed by atoms with Crippen molar-refractivity contribution in [1.29, 1.82) is 0 Å². The third-order valence-corrected chi connectivity index (χ3v) is 5.77. The Balaban J connectivity index is 1.46. The number of furan rings is 1. The maximum Gasteiger partial charge on any atom is 0.255 e. The normalized spacial score (nSPS) is 31.1. The fraction of sp³-hybridized carbons (Fsp3) is 0.421. The molecule has 5 nitrogen and oxygen atoms in total. The van der Waals surface area contributed by atoms with Crippen molar-refractivity contribution in [1.82, 2.24) is 10.2 Å². The van der Waals surface area contributed by atoms with Gasteiger partial charge in [-0.3, -0.25) is 9.69 Å². The van der Waals surface area contributed by atoms with Gasteiger partial charge in [0, 0.05) is 18.2 Å². The largest absolute Gasteiger partial charge is 0.465 e. The highest BCUT2D eigenvalue weighted by molar-refractivity contribution is 6.02. The van der Waals surface area contributed by atoms with Gasteiger partial charge in [-0.2, -0.15) is 0 Å². The van der Waals surface area contributed by atoms with Gasteiger partial charge in [0.25, 0.3) is 5.91 Å². The Bertz CT molecular complexity index is 814. The number of aryl methyl sites for hydroxylation is 1. The van der Waals surface area contributed by atoms with Gasteiger partial charge in [-0.25, -0.2) is 0 Å². The van der Waals surface area contributed by atoms with Crippen molar-refractivity contribution in [2.75, 3.05) is 5.32 Å². The Hall–Kier alpha value is -2.27. The van der Waals surface area contributed by atoms with Crippen LogP contribution >= 0.6 is 0 Å². The van der Waals surface area contributed by atoms with Crippen LogP contribution in [-0.2, 0) is 6.54 Å². The smallest absolute Gasteiger partial charge is 0.255 e. The second-order valence-electron chi connectivity index (χ2n) is 7.23. The van der Waals surface area contributed by atoms with Crippen molar-refractivity contribution >= 4 is 11.6 Å². The second kappa shape index (κ2) is 4.86. The standard InChI is InChI=1S/C19H21N3O2/c1-12-6-8-14(24-12)11-22-13-7-9-17(22)19(10-13)20-16-5-3-2-4-15(16)18(23)21-19/h2-6,8,13,17,20H,7,9-11H2,1H3,(H,21,23). The number of carbonyl (C=O) groups is 1. The number of nitrogens with one attached hydrogen (secondary N) is 2. The Morgan fingerprint density at radius 1 is 1.21 bits per heavy atom. The van der Waals surface area contributed by atoms with E-state index in [1.54, 1.807) is 0 Å². The number of amides is 1. The van der Waals surface area contributed by atoms with E-state index < -0.39 is 0 Å². The first-order valence-corrected chi connectivity index (χ1v) is 8.65. The molecule has 1 spiro atoms. The van der Waals surface area contributed by atoms with Crippen LogP contribution in [0.25, 0.3) is 0 Å². The van der Waals surface area contributed by atoms with Crippen molar-refractivity contribution in [3.8, 4) is 0 Å². The summed E-state index contributed by atoms with van der Waals surface area (Å²) in [4.78, 5) is 15.1. The molecule has 1 aromatic carbocycles. The number of para-hydroxylation sites is 1. The zero-order valence-corrected chi connectivity index (χ0v) is 13.7. The summed E-state index contributed by atoms with van der Waals surface area (Å²) in [6.45, 7) is 2.79.